The van der Waals surface area contributed by atoms with Gasteiger partial charge in [0, 0.05) is 13.1 Å². The van der Waals surface area contributed by atoms with Gasteiger partial charge in [-0.3, -0.25) is 0 Å². The van der Waals surface area contributed by atoms with Crippen molar-refractivity contribution in [1.82, 2.24) is 10.0 Å². The van der Waals surface area contributed by atoms with Crippen molar-refractivity contribution >= 4 is 21.4 Å². The summed E-state index contributed by atoms with van der Waals surface area (Å²) in [5, 5.41) is 5.10. The summed E-state index contributed by atoms with van der Waals surface area (Å²) >= 11 is 1.30. The molecule has 108 valence electrons. The monoisotopic (exact) mass is 302 g/mol. The van der Waals surface area contributed by atoms with Gasteiger partial charge in [-0.15, -0.1) is 11.3 Å². The number of hydrogen-bond acceptors (Lipinski definition) is 4. The van der Waals surface area contributed by atoms with E-state index in [1.165, 1.54) is 11.3 Å². The third-order valence-corrected chi connectivity index (χ3v) is 6.71. The number of nitrogens with one attached hydrogen (secondary N) is 2. The van der Waals surface area contributed by atoms with E-state index in [1.54, 1.807) is 6.07 Å². The second-order valence-corrected chi connectivity index (χ2v) is 8.14. The predicted octanol–water partition coefficient (Wildman–Crippen LogP) is 2.33. The van der Waals surface area contributed by atoms with Gasteiger partial charge >= 0.3 is 0 Å². The summed E-state index contributed by atoms with van der Waals surface area (Å²) in [6.07, 6.45) is 3.33. The van der Waals surface area contributed by atoms with E-state index < -0.39 is 10.0 Å². The quantitative estimate of drug-likeness (QED) is 0.775. The van der Waals surface area contributed by atoms with Crippen molar-refractivity contribution in [2.75, 3.05) is 13.1 Å². The van der Waals surface area contributed by atoms with Crippen LogP contribution in [0, 0.1) is 5.41 Å². The lowest BCUT2D eigenvalue weighted by Crippen LogP contribution is -2.29. The highest BCUT2D eigenvalue weighted by molar-refractivity contribution is 7.91. The van der Waals surface area contributed by atoms with Gasteiger partial charge in [-0.1, -0.05) is 13.8 Å². The van der Waals surface area contributed by atoms with Crippen LogP contribution in [0.15, 0.2) is 15.7 Å². The second kappa shape index (κ2) is 5.91. The summed E-state index contributed by atoms with van der Waals surface area (Å²) in [5.74, 6) is 0. The molecular formula is C13H22N2O2S2. The molecule has 1 saturated carbocycles. The Morgan fingerprint density at radius 2 is 2.11 bits per heavy atom. The largest absolute Gasteiger partial charge is 0.313 e. The Bertz CT molecular complexity index is 519. The zero-order chi connectivity index (χ0) is 13.9. The zero-order valence-electron chi connectivity index (χ0n) is 11.5. The number of sulfonamides is 1. The summed E-state index contributed by atoms with van der Waals surface area (Å²) in [6.45, 7) is 6.34. The molecule has 6 heteroatoms. The van der Waals surface area contributed by atoms with E-state index in [0.29, 0.717) is 10.8 Å². The van der Waals surface area contributed by atoms with Gasteiger partial charge < -0.3 is 5.32 Å². The summed E-state index contributed by atoms with van der Waals surface area (Å²) in [4.78, 5) is 0. The second-order valence-electron chi connectivity index (χ2n) is 5.23. The van der Waals surface area contributed by atoms with Crippen LogP contribution >= 0.6 is 11.3 Å². The molecule has 0 amide bonds. The summed E-state index contributed by atoms with van der Waals surface area (Å²) in [5.41, 5.74) is 1.26. The third kappa shape index (κ3) is 3.78. The predicted molar refractivity (Wildman–Crippen MR) is 78.8 cm³/mol. The van der Waals surface area contributed by atoms with E-state index in [-0.39, 0.29) is 5.41 Å². The van der Waals surface area contributed by atoms with Gasteiger partial charge in [-0.2, -0.15) is 0 Å². The first-order valence-electron chi connectivity index (χ1n) is 6.79. The lowest BCUT2D eigenvalue weighted by molar-refractivity contribution is 0.476. The van der Waals surface area contributed by atoms with Crippen LogP contribution in [0.3, 0.4) is 0 Å². The molecule has 0 bridgehead atoms. The van der Waals surface area contributed by atoms with Crippen molar-refractivity contribution in [2.45, 2.75) is 43.9 Å². The molecule has 1 fully saturated rings. The van der Waals surface area contributed by atoms with Crippen LogP contribution in [-0.4, -0.2) is 21.5 Å². The molecule has 0 saturated heterocycles. The number of hydrogen-bond donors (Lipinski definition) is 2. The fourth-order valence-corrected chi connectivity index (χ4v) is 4.42. The van der Waals surface area contributed by atoms with Crippen LogP contribution in [0.2, 0.25) is 0 Å². The van der Waals surface area contributed by atoms with E-state index in [2.05, 4.69) is 17.0 Å². The molecule has 1 aliphatic rings. The molecule has 19 heavy (non-hydrogen) atoms. The SMILES string of the molecule is CCNCc1csc(S(=O)(=O)NCC2(CC)CC2)c1. The normalized spacial score (nSPS) is 17.6. The molecule has 2 rings (SSSR count). The highest BCUT2D eigenvalue weighted by Crippen LogP contribution is 2.48. The molecule has 1 aliphatic carbocycles. The standard InChI is InChI=1S/C13H22N2O2S2/c1-3-13(5-6-13)10-15-19(16,17)12-7-11(9-18-12)8-14-4-2/h7,9,14-15H,3-6,8,10H2,1-2H3. The third-order valence-electron chi connectivity index (χ3n) is 3.82. The summed E-state index contributed by atoms with van der Waals surface area (Å²) < 4.78 is 27.6. The lowest BCUT2D eigenvalue weighted by Gasteiger charge is -2.12. The highest BCUT2D eigenvalue weighted by atomic mass is 32.2. The first kappa shape index (κ1) is 15.0. The highest BCUT2D eigenvalue weighted by Gasteiger charge is 2.41. The Labute approximate surface area is 119 Å². The van der Waals surface area contributed by atoms with Crippen LogP contribution in [0.4, 0.5) is 0 Å². The van der Waals surface area contributed by atoms with E-state index >= 15 is 0 Å². The van der Waals surface area contributed by atoms with Crippen molar-refractivity contribution in [1.29, 1.82) is 0 Å². The molecule has 4 nitrogen and oxygen atoms in total. The summed E-state index contributed by atoms with van der Waals surface area (Å²) in [6, 6.07) is 1.77. The van der Waals surface area contributed by atoms with E-state index in [4.69, 9.17) is 0 Å². The van der Waals surface area contributed by atoms with E-state index in [1.807, 2.05) is 12.3 Å². The molecule has 2 N–H and O–H groups in total. The average Bonchev–Trinajstić information content (AvgIpc) is 3.03. The van der Waals surface area contributed by atoms with Crippen molar-refractivity contribution in [3.63, 3.8) is 0 Å². The maximum atomic E-state index is 12.2. The lowest BCUT2D eigenvalue weighted by atomic mass is 10.1. The van der Waals surface area contributed by atoms with E-state index in [0.717, 1.165) is 37.9 Å². The van der Waals surface area contributed by atoms with E-state index in [9.17, 15) is 8.42 Å². The van der Waals surface area contributed by atoms with Gasteiger partial charge in [0.25, 0.3) is 0 Å². The Kier molecular flexibility index (Phi) is 4.66. The van der Waals surface area contributed by atoms with Gasteiger partial charge in [0.1, 0.15) is 4.21 Å². The molecule has 0 unspecified atom stereocenters. The minimum Gasteiger partial charge on any atom is -0.313 e. The van der Waals surface area contributed by atoms with Crippen molar-refractivity contribution in [2.24, 2.45) is 5.41 Å². The van der Waals surface area contributed by atoms with Crippen molar-refractivity contribution in [3.8, 4) is 0 Å². The smallest absolute Gasteiger partial charge is 0.250 e. The molecule has 0 radical (unpaired) electrons. The number of thiophene rings is 1. The van der Waals surface area contributed by atoms with Crippen LogP contribution in [0.25, 0.3) is 0 Å². The Balaban J connectivity index is 1.97. The molecule has 0 aliphatic heterocycles. The van der Waals surface area contributed by atoms with Gasteiger partial charge in [0.05, 0.1) is 0 Å². The minimum atomic E-state index is -3.33. The van der Waals surface area contributed by atoms with Crippen molar-refractivity contribution in [3.05, 3.63) is 17.0 Å². The Hall–Kier alpha value is -0.430. The molecule has 1 heterocycles. The molecule has 0 spiro atoms. The first-order valence-corrected chi connectivity index (χ1v) is 9.15. The van der Waals surface area contributed by atoms with Gasteiger partial charge in [-0.05, 0) is 48.2 Å². The first-order chi connectivity index (χ1) is 9.01. The van der Waals surface area contributed by atoms with Crippen molar-refractivity contribution < 1.29 is 8.42 Å². The van der Waals surface area contributed by atoms with Crippen LogP contribution in [-0.2, 0) is 16.6 Å². The van der Waals surface area contributed by atoms with Gasteiger partial charge in [0.15, 0.2) is 0 Å². The van der Waals surface area contributed by atoms with Crippen LogP contribution < -0.4 is 10.0 Å². The molecular weight excluding hydrogens is 280 g/mol. The fourth-order valence-electron chi connectivity index (χ4n) is 2.01. The molecule has 1 aromatic heterocycles. The van der Waals surface area contributed by atoms with Gasteiger partial charge in [0.2, 0.25) is 10.0 Å². The van der Waals surface area contributed by atoms with Crippen LogP contribution in [0.5, 0.6) is 0 Å². The zero-order valence-corrected chi connectivity index (χ0v) is 13.2. The minimum absolute atomic E-state index is 0.233. The molecule has 1 aromatic rings. The Morgan fingerprint density at radius 3 is 2.68 bits per heavy atom. The summed E-state index contributed by atoms with van der Waals surface area (Å²) in [7, 11) is -3.33. The van der Waals surface area contributed by atoms with Gasteiger partial charge in [-0.25, -0.2) is 13.1 Å². The maximum Gasteiger partial charge on any atom is 0.250 e. The Morgan fingerprint density at radius 1 is 1.37 bits per heavy atom. The topological polar surface area (TPSA) is 58.2 Å². The fraction of sp³-hybridized carbons (Fsp3) is 0.692. The average molecular weight is 302 g/mol. The molecule has 0 aromatic carbocycles. The molecule has 0 atom stereocenters. The number of rotatable bonds is 8. The van der Waals surface area contributed by atoms with Crippen LogP contribution in [0.1, 0.15) is 38.7 Å². The maximum absolute atomic E-state index is 12.2.